The highest BCUT2D eigenvalue weighted by atomic mass is 16.2. The maximum Gasteiger partial charge on any atom is 0.236 e. The Labute approximate surface area is 130 Å². The summed E-state index contributed by atoms with van der Waals surface area (Å²) in [5.41, 5.74) is 0. The van der Waals surface area contributed by atoms with Gasteiger partial charge in [-0.3, -0.25) is 9.69 Å². The Bertz CT molecular complexity index is 301. The van der Waals surface area contributed by atoms with Crippen LogP contribution in [0.15, 0.2) is 0 Å². The number of amides is 1. The molecule has 0 spiro atoms. The molecular weight excluding hydrogens is 262 g/mol. The van der Waals surface area contributed by atoms with Crippen molar-refractivity contribution in [1.82, 2.24) is 15.1 Å². The summed E-state index contributed by atoms with van der Waals surface area (Å²) in [6, 6.07) is 0.750. The van der Waals surface area contributed by atoms with Crippen molar-refractivity contribution in [3.05, 3.63) is 0 Å². The first-order valence-electron chi connectivity index (χ1n) is 8.98. The second-order valence-electron chi connectivity index (χ2n) is 6.70. The van der Waals surface area contributed by atoms with Crippen LogP contribution in [0.2, 0.25) is 0 Å². The van der Waals surface area contributed by atoms with Gasteiger partial charge in [-0.2, -0.15) is 0 Å². The quantitative estimate of drug-likeness (QED) is 0.781. The van der Waals surface area contributed by atoms with E-state index in [0.717, 1.165) is 51.0 Å². The molecular formula is C17H33N3O. The van der Waals surface area contributed by atoms with E-state index in [9.17, 15) is 4.79 Å². The van der Waals surface area contributed by atoms with E-state index in [2.05, 4.69) is 24.1 Å². The average Bonchev–Trinajstić information content (AvgIpc) is 3.02. The van der Waals surface area contributed by atoms with Crippen LogP contribution in [0.3, 0.4) is 0 Å². The molecule has 0 bridgehead atoms. The fourth-order valence-corrected chi connectivity index (χ4v) is 3.82. The van der Waals surface area contributed by atoms with Crippen LogP contribution in [0.4, 0.5) is 0 Å². The van der Waals surface area contributed by atoms with E-state index in [4.69, 9.17) is 0 Å². The normalized spacial score (nSPS) is 24.4. The van der Waals surface area contributed by atoms with Crippen LogP contribution in [0.1, 0.15) is 52.4 Å². The summed E-state index contributed by atoms with van der Waals surface area (Å²) in [6.45, 7) is 10.1. The zero-order valence-corrected chi connectivity index (χ0v) is 13.9. The van der Waals surface area contributed by atoms with Gasteiger partial charge >= 0.3 is 0 Å². The highest BCUT2D eigenvalue weighted by molar-refractivity contribution is 5.78. The van der Waals surface area contributed by atoms with E-state index in [1.165, 1.54) is 32.2 Å². The van der Waals surface area contributed by atoms with Gasteiger partial charge in [0.2, 0.25) is 5.91 Å². The number of hydrogen-bond donors (Lipinski definition) is 1. The van der Waals surface area contributed by atoms with Crippen LogP contribution >= 0.6 is 0 Å². The molecule has 2 aliphatic rings. The second kappa shape index (κ2) is 8.74. The van der Waals surface area contributed by atoms with Crippen molar-refractivity contribution in [3.63, 3.8) is 0 Å². The largest absolute Gasteiger partial charge is 0.342 e. The summed E-state index contributed by atoms with van der Waals surface area (Å²) >= 11 is 0. The minimum Gasteiger partial charge on any atom is -0.342 e. The molecule has 21 heavy (non-hydrogen) atoms. The number of carbonyl (C=O) groups is 1. The van der Waals surface area contributed by atoms with Crippen molar-refractivity contribution in [2.24, 2.45) is 5.92 Å². The van der Waals surface area contributed by atoms with Crippen molar-refractivity contribution in [2.75, 3.05) is 39.3 Å². The van der Waals surface area contributed by atoms with Crippen molar-refractivity contribution in [2.45, 2.75) is 58.4 Å². The van der Waals surface area contributed by atoms with Gasteiger partial charge in [0.25, 0.3) is 0 Å². The Kier molecular flexibility index (Phi) is 6.97. The molecule has 4 heteroatoms. The molecule has 2 heterocycles. The number of piperidine rings is 1. The molecule has 122 valence electrons. The van der Waals surface area contributed by atoms with E-state index < -0.39 is 0 Å². The molecule has 2 saturated heterocycles. The third kappa shape index (κ3) is 4.96. The molecule has 1 amide bonds. The summed E-state index contributed by atoms with van der Waals surface area (Å²) in [5, 5.41) is 3.64. The zero-order chi connectivity index (χ0) is 15.1. The SMILES string of the molecule is CCCN(CCC)C(=O)CN1CCC(C2CCCN2)CC1. The number of rotatable bonds is 7. The molecule has 0 saturated carbocycles. The lowest BCUT2D eigenvalue weighted by Gasteiger charge is -2.35. The molecule has 1 atom stereocenters. The summed E-state index contributed by atoms with van der Waals surface area (Å²) in [4.78, 5) is 16.8. The fourth-order valence-electron chi connectivity index (χ4n) is 3.82. The van der Waals surface area contributed by atoms with Crippen LogP contribution in [-0.2, 0) is 4.79 Å². The topological polar surface area (TPSA) is 35.6 Å². The van der Waals surface area contributed by atoms with Crippen molar-refractivity contribution in [3.8, 4) is 0 Å². The molecule has 0 aromatic heterocycles. The second-order valence-corrected chi connectivity index (χ2v) is 6.70. The van der Waals surface area contributed by atoms with E-state index in [1.807, 2.05) is 4.90 Å². The lowest BCUT2D eigenvalue weighted by molar-refractivity contribution is -0.132. The minimum atomic E-state index is 0.330. The van der Waals surface area contributed by atoms with Crippen molar-refractivity contribution >= 4 is 5.91 Å². The maximum atomic E-state index is 12.4. The molecule has 1 N–H and O–H groups in total. The van der Waals surface area contributed by atoms with Gasteiger partial charge in [-0.05, 0) is 64.1 Å². The van der Waals surface area contributed by atoms with Crippen LogP contribution in [0, 0.1) is 5.92 Å². The van der Waals surface area contributed by atoms with Crippen molar-refractivity contribution in [1.29, 1.82) is 0 Å². The van der Waals surface area contributed by atoms with Gasteiger partial charge in [-0.15, -0.1) is 0 Å². The fraction of sp³-hybridized carbons (Fsp3) is 0.941. The first-order chi connectivity index (χ1) is 10.2. The number of likely N-dealkylation sites (tertiary alicyclic amines) is 1. The van der Waals surface area contributed by atoms with E-state index >= 15 is 0 Å². The summed E-state index contributed by atoms with van der Waals surface area (Å²) in [6.07, 6.45) is 7.32. The predicted molar refractivity (Wildman–Crippen MR) is 87.4 cm³/mol. The number of nitrogens with zero attached hydrogens (tertiary/aromatic N) is 2. The molecule has 2 aliphatic heterocycles. The van der Waals surface area contributed by atoms with Gasteiger partial charge in [0.15, 0.2) is 0 Å². The van der Waals surface area contributed by atoms with E-state index in [-0.39, 0.29) is 0 Å². The standard InChI is InChI=1S/C17H33N3O/c1-3-10-20(11-4-2)17(21)14-19-12-7-15(8-13-19)16-6-5-9-18-16/h15-16,18H,3-14H2,1-2H3. The Morgan fingerprint density at radius 3 is 2.33 bits per heavy atom. The summed E-state index contributed by atoms with van der Waals surface area (Å²) in [7, 11) is 0. The molecule has 0 aromatic carbocycles. The highest BCUT2D eigenvalue weighted by Gasteiger charge is 2.29. The Morgan fingerprint density at radius 2 is 1.81 bits per heavy atom. The number of nitrogens with one attached hydrogen (secondary N) is 1. The molecule has 4 nitrogen and oxygen atoms in total. The Morgan fingerprint density at radius 1 is 1.14 bits per heavy atom. The molecule has 2 fully saturated rings. The lowest BCUT2D eigenvalue weighted by atomic mass is 9.88. The molecule has 1 unspecified atom stereocenters. The van der Waals surface area contributed by atoms with E-state index in [0.29, 0.717) is 12.5 Å². The summed E-state index contributed by atoms with van der Waals surface area (Å²) < 4.78 is 0. The van der Waals surface area contributed by atoms with Crippen molar-refractivity contribution < 1.29 is 4.79 Å². The summed E-state index contributed by atoms with van der Waals surface area (Å²) in [5.74, 6) is 1.16. The van der Waals surface area contributed by atoms with Gasteiger partial charge in [-0.1, -0.05) is 13.8 Å². The first kappa shape index (κ1) is 16.8. The predicted octanol–water partition coefficient (Wildman–Crippen LogP) is 2.10. The zero-order valence-electron chi connectivity index (χ0n) is 13.9. The monoisotopic (exact) mass is 295 g/mol. The van der Waals surface area contributed by atoms with Gasteiger partial charge in [0.05, 0.1) is 6.54 Å². The van der Waals surface area contributed by atoms with Crippen LogP contribution < -0.4 is 5.32 Å². The van der Waals surface area contributed by atoms with Crippen LogP contribution in [0.25, 0.3) is 0 Å². The lowest BCUT2D eigenvalue weighted by Crippen LogP contribution is -2.46. The minimum absolute atomic E-state index is 0.330. The smallest absolute Gasteiger partial charge is 0.236 e. The molecule has 2 rings (SSSR count). The van der Waals surface area contributed by atoms with Crippen LogP contribution in [-0.4, -0.2) is 61.0 Å². The third-order valence-corrected chi connectivity index (χ3v) is 5.00. The maximum absolute atomic E-state index is 12.4. The molecule has 0 aromatic rings. The third-order valence-electron chi connectivity index (χ3n) is 5.00. The van der Waals surface area contributed by atoms with Gasteiger partial charge in [-0.25, -0.2) is 0 Å². The van der Waals surface area contributed by atoms with E-state index in [1.54, 1.807) is 0 Å². The molecule has 0 radical (unpaired) electrons. The number of carbonyl (C=O) groups excluding carboxylic acids is 1. The Balaban J connectivity index is 1.72. The average molecular weight is 295 g/mol. The molecule has 0 aliphatic carbocycles. The van der Waals surface area contributed by atoms with Gasteiger partial charge in [0, 0.05) is 19.1 Å². The van der Waals surface area contributed by atoms with Gasteiger partial charge in [0.1, 0.15) is 0 Å². The Hall–Kier alpha value is -0.610. The van der Waals surface area contributed by atoms with Gasteiger partial charge < -0.3 is 10.2 Å². The number of hydrogen-bond acceptors (Lipinski definition) is 3. The first-order valence-corrected chi connectivity index (χ1v) is 8.98. The van der Waals surface area contributed by atoms with Crippen LogP contribution in [0.5, 0.6) is 0 Å². The highest BCUT2D eigenvalue weighted by Crippen LogP contribution is 2.25.